The van der Waals surface area contributed by atoms with Gasteiger partial charge in [-0.25, -0.2) is 4.79 Å². The van der Waals surface area contributed by atoms with Gasteiger partial charge in [-0.1, -0.05) is 37.3 Å². The zero-order valence-electron chi connectivity index (χ0n) is 10.7. The van der Waals surface area contributed by atoms with Crippen LogP contribution < -0.4 is 0 Å². The molecule has 0 amide bonds. The second-order valence-corrected chi connectivity index (χ2v) is 4.07. The predicted octanol–water partition coefficient (Wildman–Crippen LogP) is 1.96. The van der Waals surface area contributed by atoms with Crippen molar-refractivity contribution in [3.63, 3.8) is 0 Å². The van der Waals surface area contributed by atoms with Crippen LogP contribution >= 0.6 is 0 Å². The molecular weight excluding hydrogens is 232 g/mol. The largest absolute Gasteiger partial charge is 0.464 e. The summed E-state index contributed by atoms with van der Waals surface area (Å²) in [6.07, 6.45) is -0.114. The van der Waals surface area contributed by atoms with Crippen LogP contribution in [0.5, 0.6) is 0 Å². The van der Waals surface area contributed by atoms with Crippen molar-refractivity contribution in [3.8, 4) is 0 Å². The molecule has 1 aromatic rings. The Hall–Kier alpha value is -1.68. The fourth-order valence-electron chi connectivity index (χ4n) is 1.60. The Balaban J connectivity index is 2.80. The molecule has 0 saturated heterocycles. The van der Waals surface area contributed by atoms with Crippen LogP contribution in [0.4, 0.5) is 0 Å². The molecule has 98 valence electrons. The Morgan fingerprint density at radius 1 is 1.22 bits per heavy atom. The van der Waals surface area contributed by atoms with Crippen molar-refractivity contribution in [1.29, 1.82) is 0 Å². The van der Waals surface area contributed by atoms with Gasteiger partial charge in [-0.3, -0.25) is 4.79 Å². The Bertz CT molecular complexity index is 413. The average molecular weight is 250 g/mol. The van der Waals surface area contributed by atoms with Crippen molar-refractivity contribution in [3.05, 3.63) is 35.9 Å². The summed E-state index contributed by atoms with van der Waals surface area (Å²) >= 11 is 0. The van der Waals surface area contributed by atoms with E-state index in [2.05, 4.69) is 0 Å². The number of carbonyl (C=O) groups excluding carboxylic acids is 2. The van der Waals surface area contributed by atoms with Crippen molar-refractivity contribution >= 4 is 11.8 Å². The number of ketones is 1. The summed E-state index contributed by atoms with van der Waals surface area (Å²) in [6, 6.07) is 8.59. The molecular formula is C14H18O4. The predicted molar refractivity (Wildman–Crippen MR) is 67.3 cm³/mol. The summed E-state index contributed by atoms with van der Waals surface area (Å²) < 4.78 is 4.79. The Kier molecular flexibility index (Phi) is 5.04. The molecule has 0 aliphatic rings. The van der Waals surface area contributed by atoms with Crippen LogP contribution in [0.1, 0.15) is 37.0 Å². The summed E-state index contributed by atoms with van der Waals surface area (Å²) in [5.41, 5.74) is -1.25. The second-order valence-electron chi connectivity index (χ2n) is 4.07. The van der Waals surface area contributed by atoms with E-state index in [4.69, 9.17) is 4.74 Å². The van der Waals surface area contributed by atoms with Crippen molar-refractivity contribution in [2.24, 2.45) is 0 Å². The molecule has 4 heteroatoms. The monoisotopic (exact) mass is 250 g/mol. The van der Waals surface area contributed by atoms with Crippen LogP contribution in [0, 0.1) is 0 Å². The van der Waals surface area contributed by atoms with Gasteiger partial charge in [0.05, 0.1) is 13.0 Å². The third-order valence-electron chi connectivity index (χ3n) is 2.79. The summed E-state index contributed by atoms with van der Waals surface area (Å²) in [6.45, 7) is 3.49. The SMILES string of the molecule is CCOC(=O)C(O)(CC)CC(=O)c1ccccc1. The fraction of sp³-hybridized carbons (Fsp3) is 0.429. The lowest BCUT2D eigenvalue weighted by Gasteiger charge is -2.23. The van der Waals surface area contributed by atoms with Crippen LogP contribution in [0.3, 0.4) is 0 Å². The minimum atomic E-state index is -1.73. The van der Waals surface area contributed by atoms with Gasteiger partial charge in [0.15, 0.2) is 11.4 Å². The number of benzene rings is 1. The fourth-order valence-corrected chi connectivity index (χ4v) is 1.60. The molecule has 0 aliphatic carbocycles. The molecule has 0 aliphatic heterocycles. The van der Waals surface area contributed by atoms with E-state index >= 15 is 0 Å². The molecule has 1 N–H and O–H groups in total. The van der Waals surface area contributed by atoms with Gasteiger partial charge < -0.3 is 9.84 Å². The zero-order chi connectivity index (χ0) is 13.6. The molecule has 0 bridgehead atoms. The zero-order valence-corrected chi connectivity index (χ0v) is 10.7. The molecule has 0 spiro atoms. The number of Topliss-reactive ketones (excluding diaryl/α,β-unsaturated/α-hetero) is 1. The van der Waals surface area contributed by atoms with E-state index in [9.17, 15) is 14.7 Å². The number of hydrogen-bond acceptors (Lipinski definition) is 4. The van der Waals surface area contributed by atoms with Crippen LogP contribution in [-0.2, 0) is 9.53 Å². The molecule has 0 saturated carbocycles. The number of hydrogen-bond donors (Lipinski definition) is 1. The highest BCUT2D eigenvalue weighted by atomic mass is 16.5. The van der Waals surface area contributed by atoms with Gasteiger partial charge in [0.2, 0.25) is 0 Å². The molecule has 1 aromatic carbocycles. The van der Waals surface area contributed by atoms with E-state index in [-0.39, 0.29) is 25.2 Å². The standard InChI is InChI=1S/C14H18O4/c1-3-14(17,13(16)18-4-2)10-12(15)11-8-6-5-7-9-11/h5-9,17H,3-4,10H2,1-2H3. The topological polar surface area (TPSA) is 63.6 Å². The molecule has 1 atom stereocenters. The van der Waals surface area contributed by atoms with Gasteiger partial charge in [-0.05, 0) is 13.3 Å². The molecule has 18 heavy (non-hydrogen) atoms. The molecule has 1 unspecified atom stereocenters. The van der Waals surface area contributed by atoms with E-state index in [0.717, 1.165) is 0 Å². The molecule has 0 radical (unpaired) electrons. The highest BCUT2D eigenvalue weighted by molar-refractivity contribution is 5.99. The first kappa shape index (κ1) is 14.4. The number of aliphatic hydroxyl groups is 1. The minimum absolute atomic E-state index is 0.143. The van der Waals surface area contributed by atoms with E-state index in [0.29, 0.717) is 5.56 Å². The minimum Gasteiger partial charge on any atom is -0.464 e. The number of ether oxygens (including phenoxy) is 1. The first-order valence-electron chi connectivity index (χ1n) is 6.01. The van der Waals surface area contributed by atoms with Crippen LogP contribution in [0.15, 0.2) is 30.3 Å². The maximum absolute atomic E-state index is 12.0. The van der Waals surface area contributed by atoms with Gasteiger partial charge >= 0.3 is 5.97 Å². The number of rotatable bonds is 6. The molecule has 0 fully saturated rings. The average Bonchev–Trinajstić information content (AvgIpc) is 2.39. The van der Waals surface area contributed by atoms with Gasteiger partial charge in [-0.15, -0.1) is 0 Å². The third kappa shape index (κ3) is 3.40. The number of carbonyl (C=O) groups is 2. The quantitative estimate of drug-likeness (QED) is 0.619. The van der Waals surface area contributed by atoms with Gasteiger partial charge in [0.1, 0.15) is 0 Å². The Labute approximate surface area is 107 Å². The molecule has 4 nitrogen and oxygen atoms in total. The maximum atomic E-state index is 12.0. The normalized spacial score (nSPS) is 13.7. The number of esters is 1. The van der Waals surface area contributed by atoms with Gasteiger partial charge in [-0.2, -0.15) is 0 Å². The summed E-state index contributed by atoms with van der Waals surface area (Å²) in [4.78, 5) is 23.6. The van der Waals surface area contributed by atoms with Crippen LogP contribution in [-0.4, -0.2) is 29.1 Å². The smallest absolute Gasteiger partial charge is 0.338 e. The summed E-state index contributed by atoms with van der Waals surface area (Å²) in [7, 11) is 0. The lowest BCUT2D eigenvalue weighted by molar-refractivity contribution is -0.165. The van der Waals surface area contributed by atoms with Crippen molar-refractivity contribution in [2.75, 3.05) is 6.61 Å². The first-order chi connectivity index (χ1) is 8.53. The summed E-state index contributed by atoms with van der Waals surface area (Å²) in [5, 5.41) is 10.2. The lowest BCUT2D eigenvalue weighted by atomic mass is 9.91. The molecule has 0 heterocycles. The third-order valence-corrected chi connectivity index (χ3v) is 2.79. The van der Waals surface area contributed by atoms with Gasteiger partial charge in [0, 0.05) is 5.56 Å². The van der Waals surface area contributed by atoms with Crippen molar-refractivity contribution in [2.45, 2.75) is 32.3 Å². The Morgan fingerprint density at radius 2 is 1.83 bits per heavy atom. The highest BCUT2D eigenvalue weighted by Gasteiger charge is 2.38. The van der Waals surface area contributed by atoms with E-state index in [1.165, 1.54) is 0 Å². The molecule has 0 aromatic heterocycles. The lowest BCUT2D eigenvalue weighted by Crippen LogP contribution is -2.41. The maximum Gasteiger partial charge on any atom is 0.338 e. The highest BCUT2D eigenvalue weighted by Crippen LogP contribution is 2.20. The Morgan fingerprint density at radius 3 is 2.33 bits per heavy atom. The summed E-state index contributed by atoms with van der Waals surface area (Å²) in [5.74, 6) is -1.01. The van der Waals surface area contributed by atoms with E-state index in [1.54, 1.807) is 44.2 Å². The van der Waals surface area contributed by atoms with Crippen molar-refractivity contribution in [1.82, 2.24) is 0 Å². The molecule has 1 rings (SSSR count). The van der Waals surface area contributed by atoms with Crippen LogP contribution in [0.2, 0.25) is 0 Å². The van der Waals surface area contributed by atoms with Crippen LogP contribution in [0.25, 0.3) is 0 Å². The van der Waals surface area contributed by atoms with Crippen molar-refractivity contribution < 1.29 is 19.4 Å². The van der Waals surface area contributed by atoms with E-state index < -0.39 is 11.6 Å². The van der Waals surface area contributed by atoms with E-state index in [1.807, 2.05) is 0 Å². The second kappa shape index (κ2) is 6.31. The first-order valence-corrected chi connectivity index (χ1v) is 6.01. The van der Waals surface area contributed by atoms with Gasteiger partial charge in [0.25, 0.3) is 0 Å².